The molecule has 0 fully saturated rings. The number of carboxylic acid groups (broad SMARTS) is 1. The van der Waals surface area contributed by atoms with E-state index in [1.165, 1.54) is 19.3 Å². The van der Waals surface area contributed by atoms with E-state index >= 15 is 0 Å². The summed E-state index contributed by atoms with van der Waals surface area (Å²) in [6.07, 6.45) is 23.5. The lowest BCUT2D eigenvalue weighted by atomic mass is 10.2. The molecule has 0 saturated carbocycles. The number of hydrogen-bond acceptors (Lipinski definition) is 2. The van der Waals surface area contributed by atoms with Crippen molar-refractivity contribution in [1.29, 1.82) is 0 Å². The zero-order valence-electron chi connectivity index (χ0n) is 14.4. The monoisotopic (exact) mass is 320 g/mol. The summed E-state index contributed by atoms with van der Waals surface area (Å²) in [4.78, 5) is 10.3. The van der Waals surface area contributed by atoms with Gasteiger partial charge in [-0.25, -0.2) is 0 Å². The fourth-order valence-corrected chi connectivity index (χ4v) is 1.95. The Balaban J connectivity index is 3.61. The summed E-state index contributed by atoms with van der Waals surface area (Å²) in [5, 5.41) is 18.3. The highest BCUT2D eigenvalue weighted by molar-refractivity contribution is 5.66. The van der Waals surface area contributed by atoms with Crippen LogP contribution in [0.3, 0.4) is 0 Å². The van der Waals surface area contributed by atoms with Gasteiger partial charge >= 0.3 is 5.97 Å². The normalized spacial score (nSPS) is 13.8. The van der Waals surface area contributed by atoms with E-state index in [0.29, 0.717) is 12.8 Å². The smallest absolute Gasteiger partial charge is 0.303 e. The van der Waals surface area contributed by atoms with Crippen LogP contribution in [0.5, 0.6) is 0 Å². The van der Waals surface area contributed by atoms with Gasteiger partial charge in [0.25, 0.3) is 0 Å². The Morgan fingerprint density at radius 2 is 1.70 bits per heavy atom. The molecule has 1 unspecified atom stereocenters. The van der Waals surface area contributed by atoms with Crippen LogP contribution in [0.25, 0.3) is 0 Å². The third kappa shape index (κ3) is 18.3. The van der Waals surface area contributed by atoms with E-state index in [0.717, 1.165) is 19.3 Å². The fraction of sp³-hybridized carbons (Fsp3) is 0.550. The van der Waals surface area contributed by atoms with Gasteiger partial charge in [-0.15, -0.1) is 0 Å². The van der Waals surface area contributed by atoms with E-state index in [4.69, 9.17) is 5.11 Å². The summed E-state index contributed by atoms with van der Waals surface area (Å²) < 4.78 is 0. The molecule has 0 aromatic rings. The van der Waals surface area contributed by atoms with Gasteiger partial charge in [-0.2, -0.15) is 0 Å². The second kappa shape index (κ2) is 16.8. The van der Waals surface area contributed by atoms with E-state index in [2.05, 4.69) is 13.0 Å². The third-order valence-corrected chi connectivity index (χ3v) is 3.30. The molecule has 3 nitrogen and oxygen atoms in total. The Hall–Kier alpha value is -1.61. The lowest BCUT2D eigenvalue weighted by Crippen LogP contribution is -1.98. The molecule has 2 N–H and O–H groups in total. The summed E-state index contributed by atoms with van der Waals surface area (Å²) in [6.45, 7) is 2.20. The predicted molar refractivity (Wildman–Crippen MR) is 97.4 cm³/mol. The van der Waals surface area contributed by atoms with Crippen LogP contribution in [0.2, 0.25) is 0 Å². The van der Waals surface area contributed by atoms with Crippen molar-refractivity contribution < 1.29 is 15.0 Å². The van der Waals surface area contributed by atoms with E-state index in [1.54, 1.807) is 0 Å². The van der Waals surface area contributed by atoms with E-state index in [-0.39, 0.29) is 6.42 Å². The van der Waals surface area contributed by atoms with Gasteiger partial charge in [-0.3, -0.25) is 4.79 Å². The van der Waals surface area contributed by atoms with Crippen LogP contribution in [0.4, 0.5) is 0 Å². The topological polar surface area (TPSA) is 57.5 Å². The molecule has 0 heterocycles. The number of aliphatic carboxylic acids is 1. The molecular formula is C20H32O3. The van der Waals surface area contributed by atoms with Gasteiger partial charge < -0.3 is 10.2 Å². The SMILES string of the molecule is CCCCC/C=C\C=C\C(O)C/C=C\C/C=C\CCCC(=O)O. The molecule has 1 atom stereocenters. The molecule has 0 aromatic heterocycles. The van der Waals surface area contributed by atoms with Gasteiger partial charge in [-0.05, 0) is 38.5 Å². The molecule has 0 aliphatic rings. The number of allylic oxidation sites excluding steroid dienone is 6. The Kier molecular flexibility index (Phi) is 15.6. The van der Waals surface area contributed by atoms with Crippen molar-refractivity contribution in [2.45, 2.75) is 70.8 Å². The maximum atomic E-state index is 10.3. The summed E-state index contributed by atoms with van der Waals surface area (Å²) in [5.74, 6) is -0.740. The number of rotatable bonds is 14. The van der Waals surface area contributed by atoms with Gasteiger partial charge in [0, 0.05) is 6.42 Å². The molecule has 0 rings (SSSR count). The standard InChI is InChI=1S/C20H32O3/c1-2-3-4-5-7-10-13-16-19(21)17-14-11-8-6-9-12-15-18-20(22)23/h6-7,9-11,13-14,16,19,21H,2-5,8,12,15,17-18H2,1H3,(H,22,23)/b9-6-,10-7-,14-11-,16-13+. The average molecular weight is 320 g/mol. The van der Waals surface area contributed by atoms with Crippen molar-refractivity contribution in [3.63, 3.8) is 0 Å². The maximum Gasteiger partial charge on any atom is 0.303 e. The molecule has 0 saturated heterocycles. The Morgan fingerprint density at radius 1 is 0.957 bits per heavy atom. The van der Waals surface area contributed by atoms with E-state index in [1.807, 2.05) is 42.5 Å². The lowest BCUT2D eigenvalue weighted by molar-refractivity contribution is -0.137. The van der Waals surface area contributed by atoms with Crippen molar-refractivity contribution in [2.75, 3.05) is 0 Å². The Bertz CT molecular complexity index is 392. The lowest BCUT2D eigenvalue weighted by Gasteiger charge is -1.98. The molecule has 3 heteroatoms. The maximum absolute atomic E-state index is 10.3. The number of hydrogen-bond donors (Lipinski definition) is 2. The zero-order valence-corrected chi connectivity index (χ0v) is 14.4. The minimum Gasteiger partial charge on any atom is -0.481 e. The number of carbonyl (C=O) groups is 1. The summed E-state index contributed by atoms with van der Waals surface area (Å²) in [6, 6.07) is 0. The second-order valence-corrected chi connectivity index (χ2v) is 5.58. The molecular weight excluding hydrogens is 288 g/mol. The molecule has 0 amide bonds. The van der Waals surface area contributed by atoms with Crippen LogP contribution in [0.1, 0.15) is 64.7 Å². The molecule has 0 bridgehead atoms. The first-order valence-corrected chi connectivity index (χ1v) is 8.70. The highest BCUT2D eigenvalue weighted by Crippen LogP contribution is 2.02. The Morgan fingerprint density at radius 3 is 2.43 bits per heavy atom. The number of aliphatic hydroxyl groups excluding tert-OH is 1. The molecule has 0 aliphatic carbocycles. The van der Waals surface area contributed by atoms with Crippen LogP contribution in [0, 0.1) is 0 Å². The van der Waals surface area contributed by atoms with Crippen molar-refractivity contribution in [2.24, 2.45) is 0 Å². The molecule has 0 radical (unpaired) electrons. The molecule has 23 heavy (non-hydrogen) atoms. The summed E-state index contributed by atoms with van der Waals surface area (Å²) >= 11 is 0. The quantitative estimate of drug-likeness (QED) is 0.263. The Labute approximate surface area is 141 Å². The first-order valence-electron chi connectivity index (χ1n) is 8.70. The van der Waals surface area contributed by atoms with Gasteiger partial charge in [0.05, 0.1) is 6.10 Å². The van der Waals surface area contributed by atoms with Crippen LogP contribution in [0.15, 0.2) is 48.6 Å². The van der Waals surface area contributed by atoms with E-state index < -0.39 is 12.1 Å². The van der Waals surface area contributed by atoms with Gasteiger partial charge in [0.15, 0.2) is 0 Å². The van der Waals surface area contributed by atoms with E-state index in [9.17, 15) is 9.90 Å². The largest absolute Gasteiger partial charge is 0.481 e. The molecule has 0 aromatic carbocycles. The van der Waals surface area contributed by atoms with Crippen molar-refractivity contribution in [1.82, 2.24) is 0 Å². The third-order valence-electron chi connectivity index (χ3n) is 3.30. The van der Waals surface area contributed by atoms with Crippen LogP contribution in [-0.2, 0) is 4.79 Å². The fourth-order valence-electron chi connectivity index (χ4n) is 1.95. The number of unbranched alkanes of at least 4 members (excludes halogenated alkanes) is 4. The van der Waals surface area contributed by atoms with Crippen LogP contribution >= 0.6 is 0 Å². The summed E-state index contributed by atoms with van der Waals surface area (Å²) in [7, 11) is 0. The first kappa shape index (κ1) is 21.4. The van der Waals surface area contributed by atoms with Crippen LogP contribution < -0.4 is 0 Å². The highest BCUT2D eigenvalue weighted by atomic mass is 16.4. The first-order chi connectivity index (χ1) is 11.2. The minimum absolute atomic E-state index is 0.228. The zero-order chi connectivity index (χ0) is 17.2. The summed E-state index contributed by atoms with van der Waals surface area (Å²) in [5.41, 5.74) is 0. The number of aliphatic hydroxyl groups is 1. The van der Waals surface area contributed by atoms with Crippen LogP contribution in [-0.4, -0.2) is 22.3 Å². The molecule has 0 spiro atoms. The van der Waals surface area contributed by atoms with Crippen molar-refractivity contribution in [3.8, 4) is 0 Å². The van der Waals surface area contributed by atoms with Crippen molar-refractivity contribution >= 4 is 5.97 Å². The highest BCUT2D eigenvalue weighted by Gasteiger charge is 1.93. The van der Waals surface area contributed by atoms with Gasteiger partial charge in [0.1, 0.15) is 0 Å². The van der Waals surface area contributed by atoms with Gasteiger partial charge in [-0.1, -0.05) is 68.4 Å². The predicted octanol–water partition coefficient (Wildman–Crippen LogP) is 5.19. The number of carboxylic acids is 1. The molecule has 130 valence electrons. The average Bonchev–Trinajstić information content (AvgIpc) is 2.52. The van der Waals surface area contributed by atoms with Gasteiger partial charge in [0.2, 0.25) is 0 Å². The minimum atomic E-state index is -0.740. The van der Waals surface area contributed by atoms with Crippen molar-refractivity contribution in [3.05, 3.63) is 48.6 Å². The molecule has 0 aliphatic heterocycles. The second-order valence-electron chi connectivity index (χ2n) is 5.58.